The highest BCUT2D eigenvalue weighted by molar-refractivity contribution is 5.88. The number of ether oxygens (including phenoxy) is 1. The number of benzene rings is 1. The van der Waals surface area contributed by atoms with Gasteiger partial charge in [0.2, 0.25) is 5.91 Å². The fraction of sp³-hybridized carbons (Fsp3) is 0.429. The van der Waals surface area contributed by atoms with E-state index in [2.05, 4.69) is 0 Å². The molecule has 0 spiro atoms. The van der Waals surface area contributed by atoms with Crippen molar-refractivity contribution in [2.45, 2.75) is 19.8 Å². The normalized spacial score (nSPS) is 10.1. The van der Waals surface area contributed by atoms with Gasteiger partial charge in [0.15, 0.2) is 0 Å². The molecule has 0 aromatic heterocycles. The Morgan fingerprint density at radius 1 is 1.32 bits per heavy atom. The quantitative estimate of drug-likeness (QED) is 0.798. The summed E-state index contributed by atoms with van der Waals surface area (Å²) in [5.41, 5.74) is 1.02. The Kier molecular flexibility index (Phi) is 5.36. The topological polar surface area (TPSA) is 66.8 Å². The van der Waals surface area contributed by atoms with Gasteiger partial charge in [-0.05, 0) is 37.1 Å². The minimum absolute atomic E-state index is 0.0709. The molecule has 5 heteroatoms. The molecule has 0 aliphatic heterocycles. The summed E-state index contributed by atoms with van der Waals surface area (Å²) in [6.07, 6.45) is 1.08. The lowest BCUT2D eigenvalue weighted by atomic mass is 10.1. The smallest absolute Gasteiger partial charge is 0.335 e. The maximum atomic E-state index is 11.3. The molecule has 19 heavy (non-hydrogen) atoms. The number of carbonyl (C=O) groups excluding carboxylic acids is 1. The first-order valence-corrected chi connectivity index (χ1v) is 6.08. The van der Waals surface area contributed by atoms with E-state index in [4.69, 9.17) is 9.84 Å². The Labute approximate surface area is 112 Å². The molecular formula is C14H19NO4. The molecule has 0 unspecified atom stereocenters. The van der Waals surface area contributed by atoms with Crippen LogP contribution in [-0.2, 0) is 4.79 Å². The van der Waals surface area contributed by atoms with Gasteiger partial charge in [-0.15, -0.1) is 0 Å². The summed E-state index contributed by atoms with van der Waals surface area (Å²) in [5.74, 6) is -0.227. The summed E-state index contributed by atoms with van der Waals surface area (Å²) in [4.78, 5) is 23.7. The van der Waals surface area contributed by atoms with Crippen LogP contribution in [0.3, 0.4) is 0 Å². The van der Waals surface area contributed by atoms with Crippen molar-refractivity contribution in [3.05, 3.63) is 29.3 Å². The molecule has 1 rings (SSSR count). The van der Waals surface area contributed by atoms with Crippen LogP contribution in [0, 0.1) is 6.92 Å². The number of hydrogen-bond acceptors (Lipinski definition) is 3. The first-order chi connectivity index (χ1) is 8.91. The van der Waals surface area contributed by atoms with E-state index in [1.165, 1.54) is 6.07 Å². The second-order valence-electron chi connectivity index (χ2n) is 4.53. The standard InChI is InChI=1S/C14H19NO4/c1-10-9-11(14(17)18)6-7-12(10)19-8-4-5-13(16)15(2)3/h6-7,9H,4-5,8H2,1-3H3,(H,17,18). The van der Waals surface area contributed by atoms with Crippen LogP contribution in [0.1, 0.15) is 28.8 Å². The van der Waals surface area contributed by atoms with Crippen molar-refractivity contribution < 1.29 is 19.4 Å². The molecule has 0 aliphatic rings. The number of rotatable bonds is 6. The number of carboxylic acids is 1. The van der Waals surface area contributed by atoms with Crippen molar-refractivity contribution in [2.75, 3.05) is 20.7 Å². The minimum atomic E-state index is -0.953. The minimum Gasteiger partial charge on any atom is -0.493 e. The van der Waals surface area contributed by atoms with Crippen LogP contribution in [-0.4, -0.2) is 42.6 Å². The van der Waals surface area contributed by atoms with E-state index < -0.39 is 5.97 Å². The van der Waals surface area contributed by atoms with E-state index in [1.807, 2.05) is 0 Å². The molecular weight excluding hydrogens is 246 g/mol. The monoisotopic (exact) mass is 265 g/mol. The Morgan fingerprint density at radius 3 is 2.53 bits per heavy atom. The highest BCUT2D eigenvalue weighted by Gasteiger charge is 2.07. The summed E-state index contributed by atoms with van der Waals surface area (Å²) >= 11 is 0. The highest BCUT2D eigenvalue weighted by Crippen LogP contribution is 2.19. The molecule has 0 fully saturated rings. The molecule has 1 amide bonds. The Bertz CT molecular complexity index is 469. The molecule has 0 saturated carbocycles. The van der Waals surface area contributed by atoms with E-state index in [-0.39, 0.29) is 11.5 Å². The van der Waals surface area contributed by atoms with E-state index in [0.29, 0.717) is 25.2 Å². The largest absolute Gasteiger partial charge is 0.493 e. The molecule has 0 saturated heterocycles. The molecule has 0 radical (unpaired) electrons. The number of amides is 1. The number of nitrogens with zero attached hydrogens (tertiary/aromatic N) is 1. The van der Waals surface area contributed by atoms with Crippen molar-refractivity contribution >= 4 is 11.9 Å². The van der Waals surface area contributed by atoms with E-state index in [0.717, 1.165) is 5.56 Å². The molecule has 0 aliphatic carbocycles. The molecule has 0 atom stereocenters. The molecule has 104 valence electrons. The molecule has 1 aromatic carbocycles. The lowest BCUT2D eigenvalue weighted by Crippen LogP contribution is -2.21. The molecule has 5 nitrogen and oxygen atoms in total. The molecule has 0 bridgehead atoms. The first kappa shape index (κ1) is 15.0. The van der Waals surface area contributed by atoms with Crippen LogP contribution in [0.5, 0.6) is 5.75 Å². The van der Waals surface area contributed by atoms with Gasteiger partial charge in [-0.25, -0.2) is 4.79 Å². The summed E-state index contributed by atoms with van der Waals surface area (Å²) in [7, 11) is 3.44. The summed E-state index contributed by atoms with van der Waals surface area (Å²) in [5, 5.41) is 8.84. The van der Waals surface area contributed by atoms with Gasteiger partial charge < -0.3 is 14.7 Å². The van der Waals surface area contributed by atoms with Crippen LogP contribution < -0.4 is 4.74 Å². The van der Waals surface area contributed by atoms with Gasteiger partial charge >= 0.3 is 5.97 Å². The van der Waals surface area contributed by atoms with E-state index >= 15 is 0 Å². The Morgan fingerprint density at radius 2 is 2.00 bits per heavy atom. The van der Waals surface area contributed by atoms with Crippen molar-refractivity contribution in [3.8, 4) is 5.75 Å². The van der Waals surface area contributed by atoms with Gasteiger partial charge in [0.1, 0.15) is 5.75 Å². The Balaban J connectivity index is 2.46. The van der Waals surface area contributed by atoms with E-state index in [9.17, 15) is 9.59 Å². The fourth-order valence-corrected chi connectivity index (χ4v) is 1.57. The zero-order chi connectivity index (χ0) is 14.4. The third-order valence-electron chi connectivity index (χ3n) is 2.71. The predicted octanol–water partition coefficient (Wildman–Crippen LogP) is 1.94. The lowest BCUT2D eigenvalue weighted by Gasteiger charge is -2.11. The van der Waals surface area contributed by atoms with Crippen LogP contribution in [0.2, 0.25) is 0 Å². The first-order valence-electron chi connectivity index (χ1n) is 6.08. The van der Waals surface area contributed by atoms with Gasteiger partial charge in [-0.3, -0.25) is 4.79 Å². The molecule has 1 N–H and O–H groups in total. The molecule has 1 aromatic rings. The van der Waals surface area contributed by atoms with Gasteiger partial charge in [-0.2, -0.15) is 0 Å². The van der Waals surface area contributed by atoms with Crippen molar-refractivity contribution in [1.82, 2.24) is 4.90 Å². The average Bonchev–Trinajstić information content (AvgIpc) is 2.35. The predicted molar refractivity (Wildman–Crippen MR) is 71.6 cm³/mol. The number of hydrogen-bond donors (Lipinski definition) is 1. The van der Waals surface area contributed by atoms with Crippen LogP contribution in [0.4, 0.5) is 0 Å². The number of carboxylic acid groups (broad SMARTS) is 1. The third-order valence-corrected chi connectivity index (χ3v) is 2.71. The van der Waals surface area contributed by atoms with Gasteiger partial charge in [0.25, 0.3) is 0 Å². The van der Waals surface area contributed by atoms with Crippen LogP contribution in [0.15, 0.2) is 18.2 Å². The fourth-order valence-electron chi connectivity index (χ4n) is 1.57. The van der Waals surface area contributed by atoms with Crippen LogP contribution in [0.25, 0.3) is 0 Å². The van der Waals surface area contributed by atoms with Crippen molar-refractivity contribution in [3.63, 3.8) is 0 Å². The second-order valence-corrected chi connectivity index (χ2v) is 4.53. The molecule has 0 heterocycles. The van der Waals surface area contributed by atoms with Gasteiger partial charge in [0, 0.05) is 20.5 Å². The lowest BCUT2D eigenvalue weighted by molar-refractivity contribution is -0.128. The average molecular weight is 265 g/mol. The summed E-state index contributed by atoms with van der Waals surface area (Å²) in [6, 6.07) is 4.73. The van der Waals surface area contributed by atoms with Crippen LogP contribution >= 0.6 is 0 Å². The summed E-state index contributed by atoms with van der Waals surface area (Å²) < 4.78 is 5.54. The van der Waals surface area contributed by atoms with Gasteiger partial charge in [-0.1, -0.05) is 0 Å². The maximum absolute atomic E-state index is 11.3. The maximum Gasteiger partial charge on any atom is 0.335 e. The zero-order valence-corrected chi connectivity index (χ0v) is 11.5. The third kappa shape index (κ3) is 4.62. The van der Waals surface area contributed by atoms with Crippen molar-refractivity contribution in [1.29, 1.82) is 0 Å². The van der Waals surface area contributed by atoms with Gasteiger partial charge in [0.05, 0.1) is 12.2 Å². The Hall–Kier alpha value is -2.04. The number of carbonyl (C=O) groups is 2. The summed E-state index contributed by atoms with van der Waals surface area (Å²) in [6.45, 7) is 2.24. The highest BCUT2D eigenvalue weighted by atomic mass is 16.5. The van der Waals surface area contributed by atoms with E-state index in [1.54, 1.807) is 38.1 Å². The number of aryl methyl sites for hydroxylation is 1. The number of aromatic carboxylic acids is 1. The van der Waals surface area contributed by atoms with Crippen molar-refractivity contribution in [2.24, 2.45) is 0 Å². The second kappa shape index (κ2) is 6.78. The zero-order valence-electron chi connectivity index (χ0n) is 11.5. The SMILES string of the molecule is Cc1cc(C(=O)O)ccc1OCCCC(=O)N(C)C.